The summed E-state index contributed by atoms with van der Waals surface area (Å²) in [7, 11) is 1.80. The Morgan fingerprint density at radius 1 is 1.22 bits per heavy atom. The molecule has 0 N–H and O–H groups in total. The van der Waals surface area contributed by atoms with Crippen LogP contribution in [0.4, 0.5) is 4.39 Å². The topological polar surface area (TPSA) is 74.8 Å². The number of nitrogens with zero attached hydrogens (tertiary/aromatic N) is 5. The van der Waals surface area contributed by atoms with E-state index in [9.17, 15) is 9.18 Å². The van der Waals surface area contributed by atoms with E-state index < -0.39 is 0 Å². The number of nitriles is 1. The molecule has 4 rings (SSSR count). The van der Waals surface area contributed by atoms with Gasteiger partial charge in [-0.25, -0.2) is 4.39 Å². The fraction of sp³-hybridized carbons (Fsp3) is 0.200. The molecule has 1 amide bonds. The van der Waals surface area contributed by atoms with E-state index in [0.717, 1.165) is 16.7 Å². The van der Waals surface area contributed by atoms with Crippen molar-refractivity contribution in [3.05, 3.63) is 59.8 Å². The average molecular weight is 361 g/mol. The molecule has 3 aromatic rings. The quantitative estimate of drug-likeness (QED) is 0.715. The summed E-state index contributed by atoms with van der Waals surface area (Å²) >= 11 is 0. The molecule has 1 aliphatic heterocycles. The Bertz CT molecular complexity index is 1060. The van der Waals surface area contributed by atoms with Gasteiger partial charge in [-0.05, 0) is 30.3 Å². The number of amides is 1. The SMILES string of the molecule is Cn1cc(-c2ccnc3c2C(=O)N(CCC#N)C3)c(-c2ccc(F)cc2)n1. The molecular formula is C20H16FN5O. The van der Waals surface area contributed by atoms with Gasteiger partial charge < -0.3 is 4.90 Å². The third-order valence-electron chi connectivity index (χ3n) is 4.60. The monoisotopic (exact) mass is 361 g/mol. The number of pyridine rings is 1. The summed E-state index contributed by atoms with van der Waals surface area (Å²) in [5, 5.41) is 13.3. The van der Waals surface area contributed by atoms with Crippen molar-refractivity contribution in [3.8, 4) is 28.5 Å². The van der Waals surface area contributed by atoms with E-state index in [1.807, 2.05) is 6.20 Å². The van der Waals surface area contributed by atoms with Gasteiger partial charge in [-0.1, -0.05) is 0 Å². The molecule has 0 saturated heterocycles. The second-order valence-corrected chi connectivity index (χ2v) is 6.39. The molecule has 1 aliphatic rings. The third kappa shape index (κ3) is 2.95. The molecule has 6 nitrogen and oxygen atoms in total. The lowest BCUT2D eigenvalue weighted by Gasteiger charge is -2.12. The van der Waals surface area contributed by atoms with Gasteiger partial charge in [-0.2, -0.15) is 10.4 Å². The molecule has 3 heterocycles. The number of carbonyl (C=O) groups excluding carboxylic acids is 1. The second-order valence-electron chi connectivity index (χ2n) is 6.39. The van der Waals surface area contributed by atoms with Crippen molar-refractivity contribution in [1.82, 2.24) is 19.7 Å². The highest BCUT2D eigenvalue weighted by Crippen LogP contribution is 2.36. The Kier molecular flexibility index (Phi) is 4.16. The fourth-order valence-corrected chi connectivity index (χ4v) is 3.37. The largest absolute Gasteiger partial charge is 0.332 e. The standard InChI is InChI=1S/C20H16FN5O/c1-25-11-16(19(24-25)13-3-5-14(21)6-4-13)15-7-9-23-17-12-26(10-2-8-22)20(27)18(15)17/h3-7,9,11H,2,10,12H2,1H3. The van der Waals surface area contributed by atoms with Crippen molar-refractivity contribution >= 4 is 5.91 Å². The molecule has 0 aliphatic carbocycles. The molecule has 0 fully saturated rings. The van der Waals surface area contributed by atoms with Crippen molar-refractivity contribution in [3.63, 3.8) is 0 Å². The van der Waals surface area contributed by atoms with E-state index >= 15 is 0 Å². The zero-order valence-corrected chi connectivity index (χ0v) is 14.7. The highest BCUT2D eigenvalue weighted by Gasteiger charge is 2.32. The Labute approximate surface area is 155 Å². The van der Waals surface area contributed by atoms with E-state index in [2.05, 4.69) is 16.2 Å². The smallest absolute Gasteiger partial charge is 0.256 e. The van der Waals surface area contributed by atoms with Gasteiger partial charge in [0.1, 0.15) is 11.5 Å². The summed E-state index contributed by atoms with van der Waals surface area (Å²) in [5.41, 5.74) is 4.23. The van der Waals surface area contributed by atoms with Crippen molar-refractivity contribution in [2.75, 3.05) is 6.54 Å². The number of aryl methyl sites for hydroxylation is 1. The van der Waals surface area contributed by atoms with Crippen LogP contribution in [-0.4, -0.2) is 32.1 Å². The predicted molar refractivity (Wildman–Crippen MR) is 96.8 cm³/mol. The van der Waals surface area contributed by atoms with E-state index in [1.165, 1.54) is 12.1 Å². The van der Waals surface area contributed by atoms with Crippen LogP contribution in [0.15, 0.2) is 42.7 Å². The molecule has 0 radical (unpaired) electrons. The van der Waals surface area contributed by atoms with Crippen LogP contribution >= 0.6 is 0 Å². The number of hydrogen-bond acceptors (Lipinski definition) is 4. The van der Waals surface area contributed by atoms with Crippen molar-refractivity contribution < 1.29 is 9.18 Å². The first-order valence-corrected chi connectivity index (χ1v) is 8.52. The lowest BCUT2D eigenvalue weighted by Crippen LogP contribution is -2.24. The van der Waals surface area contributed by atoms with Gasteiger partial charge in [-0.3, -0.25) is 14.5 Å². The zero-order chi connectivity index (χ0) is 19.0. The van der Waals surface area contributed by atoms with Gasteiger partial charge in [0.2, 0.25) is 0 Å². The van der Waals surface area contributed by atoms with Crippen molar-refractivity contribution in [2.24, 2.45) is 7.05 Å². The minimum absolute atomic E-state index is 0.128. The lowest BCUT2D eigenvalue weighted by atomic mass is 9.97. The van der Waals surface area contributed by atoms with E-state index in [0.29, 0.717) is 30.0 Å². The van der Waals surface area contributed by atoms with Crippen LogP contribution in [0.2, 0.25) is 0 Å². The van der Waals surface area contributed by atoms with Crippen molar-refractivity contribution in [1.29, 1.82) is 5.26 Å². The Morgan fingerprint density at radius 3 is 2.74 bits per heavy atom. The molecule has 1 aromatic carbocycles. The Balaban J connectivity index is 1.82. The second kappa shape index (κ2) is 6.65. The molecule has 0 unspecified atom stereocenters. The number of carbonyl (C=O) groups is 1. The maximum atomic E-state index is 13.3. The first-order chi connectivity index (χ1) is 13.1. The number of hydrogen-bond donors (Lipinski definition) is 0. The van der Waals surface area contributed by atoms with Crippen LogP contribution in [0, 0.1) is 17.1 Å². The summed E-state index contributed by atoms with van der Waals surface area (Å²) in [6.45, 7) is 0.777. The molecule has 2 aromatic heterocycles. The van der Waals surface area contributed by atoms with Gasteiger partial charge in [0.15, 0.2) is 0 Å². The molecule has 134 valence electrons. The molecule has 0 saturated carbocycles. The Hall–Kier alpha value is -3.53. The molecular weight excluding hydrogens is 345 g/mol. The van der Waals surface area contributed by atoms with Crippen LogP contribution in [0.5, 0.6) is 0 Å². The summed E-state index contributed by atoms with van der Waals surface area (Å²) in [6.07, 6.45) is 3.80. The minimum atomic E-state index is -0.315. The van der Waals surface area contributed by atoms with Crippen LogP contribution in [0.3, 0.4) is 0 Å². The van der Waals surface area contributed by atoms with Crippen LogP contribution < -0.4 is 0 Å². The van der Waals surface area contributed by atoms with E-state index in [4.69, 9.17) is 5.26 Å². The van der Waals surface area contributed by atoms with Crippen molar-refractivity contribution in [2.45, 2.75) is 13.0 Å². The molecule has 0 atom stereocenters. The fourth-order valence-electron chi connectivity index (χ4n) is 3.37. The maximum absolute atomic E-state index is 13.3. The van der Waals surface area contributed by atoms with Gasteiger partial charge in [0, 0.05) is 42.7 Å². The number of aromatic nitrogens is 3. The molecule has 0 bridgehead atoms. The molecule has 7 heteroatoms. The van der Waals surface area contributed by atoms with Gasteiger partial charge >= 0.3 is 0 Å². The highest BCUT2D eigenvalue weighted by molar-refractivity contribution is 6.05. The first-order valence-electron chi connectivity index (χ1n) is 8.52. The zero-order valence-electron chi connectivity index (χ0n) is 14.7. The molecule has 27 heavy (non-hydrogen) atoms. The van der Waals surface area contributed by atoms with Crippen LogP contribution in [-0.2, 0) is 13.6 Å². The molecule has 0 spiro atoms. The minimum Gasteiger partial charge on any atom is -0.332 e. The van der Waals surface area contributed by atoms with Gasteiger partial charge in [0.05, 0.1) is 30.3 Å². The van der Waals surface area contributed by atoms with E-state index in [1.54, 1.807) is 41.0 Å². The maximum Gasteiger partial charge on any atom is 0.256 e. The Morgan fingerprint density at radius 2 is 2.00 bits per heavy atom. The summed E-state index contributed by atoms with van der Waals surface area (Å²) < 4.78 is 15.0. The normalized spacial score (nSPS) is 12.9. The average Bonchev–Trinajstić information content (AvgIpc) is 3.21. The number of benzene rings is 1. The van der Waals surface area contributed by atoms with Gasteiger partial charge in [-0.15, -0.1) is 0 Å². The van der Waals surface area contributed by atoms with Gasteiger partial charge in [0.25, 0.3) is 5.91 Å². The summed E-state index contributed by atoms with van der Waals surface area (Å²) in [4.78, 5) is 18.9. The number of halogens is 1. The summed E-state index contributed by atoms with van der Waals surface area (Å²) in [5.74, 6) is -0.443. The van der Waals surface area contributed by atoms with E-state index in [-0.39, 0.29) is 18.1 Å². The predicted octanol–water partition coefficient (Wildman–Crippen LogP) is 3.16. The lowest BCUT2D eigenvalue weighted by molar-refractivity contribution is 0.0782. The highest BCUT2D eigenvalue weighted by atomic mass is 19.1. The third-order valence-corrected chi connectivity index (χ3v) is 4.60. The number of fused-ring (bicyclic) bond motifs is 1. The first kappa shape index (κ1) is 16.9. The number of rotatable bonds is 4. The van der Waals surface area contributed by atoms with Crippen LogP contribution in [0.1, 0.15) is 22.5 Å². The summed E-state index contributed by atoms with van der Waals surface area (Å²) in [6, 6.07) is 9.99. The van der Waals surface area contributed by atoms with Crippen LogP contribution in [0.25, 0.3) is 22.4 Å².